The fourth-order valence-electron chi connectivity index (χ4n) is 1.41. The summed E-state index contributed by atoms with van der Waals surface area (Å²) in [4.78, 5) is 21.6. The van der Waals surface area contributed by atoms with Crippen LogP contribution in [0, 0.1) is 0 Å². The van der Waals surface area contributed by atoms with Crippen molar-refractivity contribution in [2.75, 3.05) is 14.2 Å². The van der Waals surface area contributed by atoms with Crippen LogP contribution in [0.25, 0.3) is 0 Å². The molecule has 0 radical (unpaired) electrons. The molecule has 0 bridgehead atoms. The van der Waals surface area contributed by atoms with Gasteiger partial charge in [-0.3, -0.25) is 9.59 Å². The average Bonchev–Trinajstić information content (AvgIpc) is 3.01. The number of hydrogen-bond acceptors (Lipinski definition) is 5. The summed E-state index contributed by atoms with van der Waals surface area (Å²) in [6, 6.07) is 0. The SMILES string of the molecule is COC(=O)CC[C@@H]1O[C@H]1CCC(=O)OC. The summed E-state index contributed by atoms with van der Waals surface area (Å²) >= 11 is 0. The van der Waals surface area contributed by atoms with E-state index in [1.54, 1.807) is 0 Å². The number of epoxide rings is 1. The van der Waals surface area contributed by atoms with Crippen LogP contribution in [0.5, 0.6) is 0 Å². The first-order chi connectivity index (χ1) is 7.17. The van der Waals surface area contributed by atoms with Gasteiger partial charge in [0.05, 0.1) is 26.4 Å². The second-order valence-electron chi connectivity index (χ2n) is 3.44. The van der Waals surface area contributed by atoms with Gasteiger partial charge in [0.25, 0.3) is 0 Å². The van der Waals surface area contributed by atoms with Crippen molar-refractivity contribution >= 4 is 11.9 Å². The number of carbonyl (C=O) groups is 2. The van der Waals surface area contributed by atoms with Crippen LogP contribution < -0.4 is 0 Å². The molecule has 0 aromatic heterocycles. The summed E-state index contributed by atoms with van der Waals surface area (Å²) < 4.78 is 14.3. The van der Waals surface area contributed by atoms with Gasteiger partial charge in [0.1, 0.15) is 0 Å². The minimum absolute atomic E-state index is 0.105. The third-order valence-electron chi connectivity index (χ3n) is 2.41. The highest BCUT2D eigenvalue weighted by molar-refractivity contribution is 5.69. The fourth-order valence-corrected chi connectivity index (χ4v) is 1.41. The highest BCUT2D eigenvalue weighted by atomic mass is 16.6. The predicted molar refractivity (Wildman–Crippen MR) is 51.2 cm³/mol. The van der Waals surface area contributed by atoms with Crippen LogP contribution in [0.1, 0.15) is 25.7 Å². The Labute approximate surface area is 88.7 Å². The highest BCUT2D eigenvalue weighted by Gasteiger charge is 2.38. The molecule has 15 heavy (non-hydrogen) atoms. The number of methoxy groups -OCH3 is 2. The van der Waals surface area contributed by atoms with E-state index in [0.717, 1.165) is 0 Å². The molecule has 1 aliphatic rings. The van der Waals surface area contributed by atoms with E-state index in [1.165, 1.54) is 14.2 Å². The van der Waals surface area contributed by atoms with E-state index in [0.29, 0.717) is 25.7 Å². The van der Waals surface area contributed by atoms with E-state index >= 15 is 0 Å². The predicted octanol–water partition coefficient (Wildman–Crippen LogP) is 0.660. The Bertz CT molecular complexity index is 214. The van der Waals surface area contributed by atoms with E-state index in [9.17, 15) is 9.59 Å². The molecule has 0 aliphatic carbocycles. The lowest BCUT2D eigenvalue weighted by Gasteiger charge is -1.96. The fraction of sp³-hybridized carbons (Fsp3) is 0.800. The van der Waals surface area contributed by atoms with Crippen molar-refractivity contribution in [1.29, 1.82) is 0 Å². The van der Waals surface area contributed by atoms with E-state index in [-0.39, 0.29) is 24.1 Å². The number of esters is 2. The van der Waals surface area contributed by atoms with Crippen molar-refractivity contribution in [3.8, 4) is 0 Å². The number of hydrogen-bond donors (Lipinski definition) is 0. The van der Waals surface area contributed by atoms with Gasteiger partial charge in [-0.25, -0.2) is 0 Å². The smallest absolute Gasteiger partial charge is 0.305 e. The maximum Gasteiger partial charge on any atom is 0.305 e. The standard InChI is InChI=1S/C10H16O5/c1-13-9(11)5-3-7-8(15-7)4-6-10(12)14-2/h7-8H,3-6H2,1-2H3/t7-,8-/m0/s1. The number of ether oxygens (including phenoxy) is 3. The summed E-state index contributed by atoms with van der Waals surface area (Å²) in [5.41, 5.74) is 0. The molecule has 0 amide bonds. The first-order valence-corrected chi connectivity index (χ1v) is 4.96. The van der Waals surface area contributed by atoms with Gasteiger partial charge in [0.15, 0.2) is 0 Å². The zero-order valence-electron chi connectivity index (χ0n) is 9.02. The van der Waals surface area contributed by atoms with E-state index < -0.39 is 0 Å². The van der Waals surface area contributed by atoms with Crippen LogP contribution in [0.4, 0.5) is 0 Å². The minimum atomic E-state index is -0.225. The van der Waals surface area contributed by atoms with Crippen LogP contribution >= 0.6 is 0 Å². The second-order valence-corrected chi connectivity index (χ2v) is 3.44. The molecule has 1 rings (SSSR count). The molecule has 0 saturated carbocycles. The highest BCUT2D eigenvalue weighted by Crippen LogP contribution is 2.30. The Morgan fingerprint density at radius 2 is 1.40 bits per heavy atom. The summed E-state index contributed by atoms with van der Waals surface area (Å²) in [6.45, 7) is 0. The molecule has 0 unspecified atom stereocenters. The topological polar surface area (TPSA) is 65.1 Å². The van der Waals surface area contributed by atoms with Crippen LogP contribution in [-0.4, -0.2) is 38.4 Å². The Kier molecular flexibility index (Phi) is 4.55. The van der Waals surface area contributed by atoms with Crippen molar-refractivity contribution in [2.24, 2.45) is 0 Å². The van der Waals surface area contributed by atoms with Gasteiger partial charge in [0, 0.05) is 12.8 Å². The maximum atomic E-state index is 10.8. The third-order valence-corrected chi connectivity index (χ3v) is 2.41. The molecule has 0 spiro atoms. The normalized spacial score (nSPS) is 23.3. The number of carbonyl (C=O) groups excluding carboxylic acids is 2. The van der Waals surface area contributed by atoms with Gasteiger partial charge in [-0.05, 0) is 12.8 Å². The van der Waals surface area contributed by atoms with E-state index in [1.807, 2.05) is 0 Å². The molecule has 5 nitrogen and oxygen atoms in total. The van der Waals surface area contributed by atoms with Crippen molar-refractivity contribution < 1.29 is 23.8 Å². The summed E-state index contributed by atoms with van der Waals surface area (Å²) in [5.74, 6) is -0.450. The van der Waals surface area contributed by atoms with Crippen LogP contribution in [0.2, 0.25) is 0 Å². The lowest BCUT2D eigenvalue weighted by Crippen LogP contribution is -2.05. The zero-order chi connectivity index (χ0) is 11.3. The van der Waals surface area contributed by atoms with Gasteiger partial charge < -0.3 is 14.2 Å². The summed E-state index contributed by atoms with van der Waals surface area (Å²) in [7, 11) is 2.73. The van der Waals surface area contributed by atoms with E-state index in [4.69, 9.17) is 4.74 Å². The Morgan fingerprint density at radius 1 is 1.00 bits per heavy atom. The monoisotopic (exact) mass is 216 g/mol. The molecule has 0 N–H and O–H groups in total. The molecule has 1 aliphatic heterocycles. The van der Waals surface area contributed by atoms with Gasteiger partial charge in [-0.15, -0.1) is 0 Å². The van der Waals surface area contributed by atoms with Crippen molar-refractivity contribution in [3.05, 3.63) is 0 Å². The Balaban J connectivity index is 2.03. The molecule has 0 aromatic carbocycles. The van der Waals surface area contributed by atoms with Gasteiger partial charge in [-0.1, -0.05) is 0 Å². The molecule has 86 valence electrons. The van der Waals surface area contributed by atoms with Crippen LogP contribution in [-0.2, 0) is 23.8 Å². The van der Waals surface area contributed by atoms with Gasteiger partial charge in [0.2, 0.25) is 0 Å². The second kappa shape index (κ2) is 5.70. The van der Waals surface area contributed by atoms with E-state index in [2.05, 4.69) is 9.47 Å². The van der Waals surface area contributed by atoms with Gasteiger partial charge in [-0.2, -0.15) is 0 Å². The quantitative estimate of drug-likeness (QED) is 0.482. The third kappa shape index (κ3) is 4.29. The minimum Gasteiger partial charge on any atom is -0.469 e. The average molecular weight is 216 g/mol. The maximum absolute atomic E-state index is 10.8. The first-order valence-electron chi connectivity index (χ1n) is 4.96. The van der Waals surface area contributed by atoms with Crippen molar-refractivity contribution in [3.63, 3.8) is 0 Å². The summed E-state index contributed by atoms with van der Waals surface area (Å²) in [5, 5.41) is 0. The molecule has 1 fully saturated rings. The molecular weight excluding hydrogens is 200 g/mol. The van der Waals surface area contributed by atoms with Crippen LogP contribution in [0.15, 0.2) is 0 Å². The number of rotatable bonds is 6. The largest absolute Gasteiger partial charge is 0.469 e. The lowest BCUT2D eigenvalue weighted by molar-refractivity contribution is -0.141. The molecule has 5 heteroatoms. The lowest BCUT2D eigenvalue weighted by atomic mass is 10.1. The Hall–Kier alpha value is -1.10. The zero-order valence-corrected chi connectivity index (χ0v) is 9.02. The van der Waals surface area contributed by atoms with Crippen LogP contribution in [0.3, 0.4) is 0 Å². The molecule has 1 heterocycles. The van der Waals surface area contributed by atoms with Gasteiger partial charge >= 0.3 is 11.9 Å². The molecule has 1 saturated heterocycles. The summed E-state index contributed by atoms with van der Waals surface area (Å²) in [6.07, 6.45) is 2.28. The molecular formula is C10H16O5. The van der Waals surface area contributed by atoms with Crippen molar-refractivity contribution in [1.82, 2.24) is 0 Å². The first kappa shape index (κ1) is 12.0. The molecule has 2 atom stereocenters. The Morgan fingerprint density at radius 3 is 1.73 bits per heavy atom. The van der Waals surface area contributed by atoms with Crippen molar-refractivity contribution in [2.45, 2.75) is 37.9 Å². The molecule has 0 aromatic rings.